The Balaban J connectivity index is 0.000000226. The van der Waals surface area contributed by atoms with E-state index in [1.54, 1.807) is 19.2 Å². The van der Waals surface area contributed by atoms with E-state index >= 15 is 0 Å². The highest BCUT2D eigenvalue weighted by Crippen LogP contribution is 2.45. The number of nitrogens with zero attached hydrogens (tertiary/aromatic N) is 2. The average molecular weight is 569 g/mol. The largest absolute Gasteiger partial charge is 0.508 e. The van der Waals surface area contributed by atoms with Crippen molar-refractivity contribution in [3.8, 4) is 11.5 Å². The average Bonchev–Trinajstić information content (AvgIpc) is 2.86. The lowest BCUT2D eigenvalue weighted by Gasteiger charge is -2.47. The minimum absolute atomic E-state index is 0.0251. The van der Waals surface area contributed by atoms with Gasteiger partial charge < -0.3 is 29.9 Å². The van der Waals surface area contributed by atoms with E-state index in [-0.39, 0.29) is 29.7 Å². The van der Waals surface area contributed by atoms with Gasteiger partial charge in [-0.25, -0.2) is 0 Å². The number of carboxylic acid groups (broad SMARTS) is 2. The van der Waals surface area contributed by atoms with E-state index < -0.39 is 11.9 Å². The molecule has 2 aliphatic rings. The van der Waals surface area contributed by atoms with E-state index in [1.807, 2.05) is 12.1 Å². The minimum Gasteiger partial charge on any atom is -0.508 e. The number of methoxy groups -OCH3 is 1. The van der Waals surface area contributed by atoms with E-state index in [0.717, 1.165) is 30.8 Å². The van der Waals surface area contributed by atoms with E-state index in [4.69, 9.17) is 14.9 Å². The maximum Gasteiger partial charge on any atom is 0.303 e. The number of fused-ring (bicyclic) bond motifs is 2. The fourth-order valence-corrected chi connectivity index (χ4v) is 6.70. The van der Waals surface area contributed by atoms with Gasteiger partial charge in [0, 0.05) is 60.5 Å². The van der Waals surface area contributed by atoms with Gasteiger partial charge in [-0.05, 0) is 88.5 Å². The zero-order chi connectivity index (χ0) is 30.5. The second kappa shape index (κ2) is 13.0. The van der Waals surface area contributed by atoms with E-state index in [2.05, 4.69) is 63.5 Å². The smallest absolute Gasteiger partial charge is 0.303 e. The maximum atomic E-state index is 10.8. The van der Waals surface area contributed by atoms with Crippen LogP contribution in [0.5, 0.6) is 11.5 Å². The molecule has 0 bridgehead atoms. The third kappa shape index (κ3) is 7.86. The van der Waals surface area contributed by atoms with Crippen LogP contribution < -0.4 is 14.5 Å². The zero-order valence-electron chi connectivity index (χ0n) is 25.7. The van der Waals surface area contributed by atoms with Crippen molar-refractivity contribution in [1.82, 2.24) is 0 Å². The van der Waals surface area contributed by atoms with Crippen LogP contribution in [-0.2, 0) is 9.59 Å². The topological polar surface area (TPSA) is 111 Å². The monoisotopic (exact) mass is 568 g/mol. The van der Waals surface area contributed by atoms with Crippen LogP contribution >= 0.6 is 0 Å². The third-order valence-electron chi connectivity index (χ3n) is 8.51. The van der Waals surface area contributed by atoms with Gasteiger partial charge in [-0.3, -0.25) is 9.59 Å². The van der Waals surface area contributed by atoms with Gasteiger partial charge in [0.2, 0.25) is 0 Å². The number of phenols is 1. The zero-order valence-corrected chi connectivity index (χ0v) is 25.7. The van der Waals surface area contributed by atoms with Gasteiger partial charge in [0.05, 0.1) is 7.11 Å². The molecule has 0 spiro atoms. The van der Waals surface area contributed by atoms with Gasteiger partial charge in [-0.15, -0.1) is 0 Å². The molecule has 4 rings (SSSR count). The van der Waals surface area contributed by atoms with Gasteiger partial charge >= 0.3 is 11.9 Å². The molecule has 0 amide bonds. The molecule has 226 valence electrons. The Labute approximate surface area is 244 Å². The van der Waals surface area contributed by atoms with Crippen molar-refractivity contribution in [2.45, 2.75) is 103 Å². The molecule has 2 aromatic carbocycles. The number of rotatable bonds is 9. The SMILES string of the molecule is CC1CC(C)(C)N(CCCC(=O)O)c2cc(O)ccc21.COc1ccc2c(c1)N(CCCC(=O)O)C(C)(C)CC2C. The number of ether oxygens (including phenoxy) is 1. The summed E-state index contributed by atoms with van der Waals surface area (Å²) in [5.74, 6) is 0.556. The number of benzene rings is 2. The summed E-state index contributed by atoms with van der Waals surface area (Å²) in [4.78, 5) is 26.0. The molecule has 2 aliphatic heterocycles. The van der Waals surface area contributed by atoms with Gasteiger partial charge in [-0.2, -0.15) is 0 Å². The van der Waals surface area contributed by atoms with Crippen molar-refractivity contribution in [2.75, 3.05) is 30.0 Å². The van der Waals surface area contributed by atoms with Crippen LogP contribution in [0.15, 0.2) is 36.4 Å². The first kappa shape index (κ1) is 32.1. The Kier molecular flexibility index (Phi) is 10.2. The molecule has 0 aromatic heterocycles. The van der Waals surface area contributed by atoms with Crippen molar-refractivity contribution in [3.63, 3.8) is 0 Å². The fourth-order valence-electron chi connectivity index (χ4n) is 6.70. The van der Waals surface area contributed by atoms with Crippen molar-refractivity contribution in [1.29, 1.82) is 0 Å². The second-order valence-corrected chi connectivity index (χ2v) is 12.8. The fraction of sp³-hybridized carbons (Fsp3) is 0.576. The number of anilines is 2. The van der Waals surface area contributed by atoms with Crippen LogP contribution in [0.2, 0.25) is 0 Å². The second-order valence-electron chi connectivity index (χ2n) is 12.8. The molecule has 0 fully saturated rings. The summed E-state index contributed by atoms with van der Waals surface area (Å²) in [6, 6.07) is 11.7. The summed E-state index contributed by atoms with van der Waals surface area (Å²) in [7, 11) is 1.67. The molecule has 0 saturated heterocycles. The Morgan fingerprint density at radius 2 is 1.24 bits per heavy atom. The normalized spacial score (nSPS) is 20.3. The molecular weight excluding hydrogens is 520 g/mol. The lowest BCUT2D eigenvalue weighted by molar-refractivity contribution is -0.138. The minimum atomic E-state index is -0.760. The molecule has 8 nitrogen and oxygen atoms in total. The molecule has 3 N–H and O–H groups in total. The molecule has 8 heteroatoms. The first-order valence-electron chi connectivity index (χ1n) is 14.7. The Hall–Kier alpha value is -3.42. The van der Waals surface area contributed by atoms with Gasteiger partial charge in [0.25, 0.3) is 0 Å². The Morgan fingerprint density at radius 3 is 1.68 bits per heavy atom. The lowest BCUT2D eigenvalue weighted by Crippen LogP contribution is -2.48. The molecule has 2 aromatic rings. The van der Waals surface area contributed by atoms with Crippen molar-refractivity contribution >= 4 is 23.3 Å². The van der Waals surface area contributed by atoms with Crippen LogP contribution in [0, 0.1) is 0 Å². The third-order valence-corrected chi connectivity index (χ3v) is 8.51. The van der Waals surface area contributed by atoms with Crippen molar-refractivity contribution in [2.24, 2.45) is 0 Å². The van der Waals surface area contributed by atoms with Gasteiger partial charge in [0.15, 0.2) is 0 Å². The number of phenolic OH excluding ortho intramolecular Hbond substituents is 1. The summed E-state index contributed by atoms with van der Waals surface area (Å²) < 4.78 is 5.35. The summed E-state index contributed by atoms with van der Waals surface area (Å²) in [6.45, 7) is 14.7. The molecule has 0 saturated carbocycles. The number of carbonyl (C=O) groups is 2. The highest BCUT2D eigenvalue weighted by Gasteiger charge is 2.37. The quantitative estimate of drug-likeness (QED) is 0.297. The molecule has 2 atom stereocenters. The predicted molar refractivity (Wildman–Crippen MR) is 164 cm³/mol. The van der Waals surface area contributed by atoms with Crippen LogP contribution in [0.1, 0.15) is 103 Å². The standard InChI is InChI=1S/C17H25NO3.C16H23NO3/c1-12-11-17(2,3)18(9-5-6-16(19)20)15-10-13(21-4)7-8-14(12)15;1-11-10-16(2,3)17(8-4-5-15(19)20)14-9-12(18)6-7-13(11)14/h7-8,10,12H,5-6,9,11H2,1-4H3,(H,19,20);6-7,9,11,18H,4-5,8,10H2,1-3H3,(H,19,20). The first-order valence-corrected chi connectivity index (χ1v) is 14.7. The van der Waals surface area contributed by atoms with E-state index in [1.165, 1.54) is 16.8 Å². The van der Waals surface area contributed by atoms with Gasteiger partial charge in [0.1, 0.15) is 11.5 Å². The van der Waals surface area contributed by atoms with Crippen LogP contribution in [0.3, 0.4) is 0 Å². The molecule has 41 heavy (non-hydrogen) atoms. The molecule has 2 unspecified atom stereocenters. The van der Waals surface area contributed by atoms with Crippen LogP contribution in [-0.4, -0.2) is 58.5 Å². The summed E-state index contributed by atoms with van der Waals surface area (Å²) in [5.41, 5.74) is 4.78. The Bertz CT molecular complexity index is 1220. The Morgan fingerprint density at radius 1 is 0.805 bits per heavy atom. The number of aromatic hydroxyl groups is 1. The highest BCUT2D eigenvalue weighted by molar-refractivity contribution is 5.68. The number of aliphatic carboxylic acids is 2. The number of carboxylic acids is 2. The summed E-state index contributed by atoms with van der Waals surface area (Å²) >= 11 is 0. The summed E-state index contributed by atoms with van der Waals surface area (Å²) in [6.07, 6.45) is 3.75. The number of hydrogen-bond acceptors (Lipinski definition) is 6. The van der Waals surface area contributed by atoms with Crippen LogP contribution in [0.4, 0.5) is 11.4 Å². The van der Waals surface area contributed by atoms with Gasteiger partial charge in [-0.1, -0.05) is 26.0 Å². The van der Waals surface area contributed by atoms with Crippen molar-refractivity contribution < 1.29 is 29.6 Å². The highest BCUT2D eigenvalue weighted by atomic mass is 16.5. The number of hydrogen-bond donors (Lipinski definition) is 3. The molecule has 2 heterocycles. The van der Waals surface area contributed by atoms with E-state index in [9.17, 15) is 14.7 Å². The lowest BCUT2D eigenvalue weighted by atomic mass is 9.80. The summed E-state index contributed by atoms with van der Waals surface area (Å²) in [5, 5.41) is 27.4. The van der Waals surface area contributed by atoms with Crippen LogP contribution in [0.25, 0.3) is 0 Å². The first-order chi connectivity index (χ1) is 19.2. The molecule has 0 aliphatic carbocycles. The molecule has 0 radical (unpaired) electrons. The molecular formula is C33H48N2O6. The predicted octanol–water partition coefficient (Wildman–Crippen LogP) is 7.00. The van der Waals surface area contributed by atoms with Crippen molar-refractivity contribution in [3.05, 3.63) is 47.5 Å². The maximum absolute atomic E-state index is 10.8. The van der Waals surface area contributed by atoms with E-state index in [0.29, 0.717) is 31.2 Å².